The number of nitrogens with zero attached hydrogens (tertiary/aromatic N) is 1. The molecule has 27 heavy (non-hydrogen) atoms. The first kappa shape index (κ1) is 20.6. The summed E-state index contributed by atoms with van der Waals surface area (Å²) >= 11 is 0. The molecule has 0 fully saturated rings. The minimum absolute atomic E-state index is 0.0242. The first-order valence-electron chi connectivity index (χ1n) is 8.49. The Morgan fingerprint density at radius 2 is 1.70 bits per heavy atom. The zero-order valence-corrected chi connectivity index (χ0v) is 16.4. The number of benzene rings is 2. The molecule has 0 spiro atoms. The van der Waals surface area contributed by atoms with Crippen molar-refractivity contribution in [3.8, 4) is 0 Å². The van der Waals surface area contributed by atoms with E-state index in [-0.39, 0.29) is 22.4 Å². The number of carbonyl (C=O) groups excluding carboxylic acids is 2. The number of rotatable bonds is 7. The molecule has 2 rings (SSSR count). The number of esters is 1. The van der Waals surface area contributed by atoms with E-state index in [9.17, 15) is 18.0 Å². The second kappa shape index (κ2) is 8.81. The third-order valence-corrected chi connectivity index (χ3v) is 5.07. The van der Waals surface area contributed by atoms with Crippen LogP contribution in [0, 0.1) is 0 Å². The lowest BCUT2D eigenvalue weighted by Gasteiger charge is -2.26. The number of hydrogen-bond acceptors (Lipinski definition) is 5. The van der Waals surface area contributed by atoms with Crippen LogP contribution in [0.5, 0.6) is 0 Å². The zero-order valence-electron chi connectivity index (χ0n) is 15.6. The summed E-state index contributed by atoms with van der Waals surface area (Å²) in [5.41, 5.74) is 1.07. The monoisotopic (exact) mass is 389 g/mol. The molecule has 0 aliphatic carbocycles. The van der Waals surface area contributed by atoms with E-state index < -0.39 is 22.4 Å². The molecule has 6 nitrogen and oxygen atoms in total. The third-order valence-electron chi connectivity index (χ3n) is 3.96. The van der Waals surface area contributed by atoms with Gasteiger partial charge in [0.2, 0.25) is 0 Å². The van der Waals surface area contributed by atoms with Crippen LogP contribution in [0.2, 0.25) is 0 Å². The van der Waals surface area contributed by atoms with Crippen LogP contribution in [0.25, 0.3) is 0 Å². The molecule has 0 saturated heterocycles. The molecule has 0 aliphatic rings. The largest absolute Gasteiger partial charge is 0.452 e. The Morgan fingerprint density at radius 3 is 2.30 bits per heavy atom. The van der Waals surface area contributed by atoms with Crippen molar-refractivity contribution >= 4 is 21.7 Å². The Bertz CT molecular complexity index is 907. The number of carbonyl (C=O) groups is 2. The predicted molar refractivity (Wildman–Crippen MR) is 102 cm³/mol. The van der Waals surface area contributed by atoms with Crippen LogP contribution < -0.4 is 0 Å². The van der Waals surface area contributed by atoms with Crippen molar-refractivity contribution in [2.24, 2.45) is 0 Å². The zero-order chi connectivity index (χ0) is 20.0. The number of sulfone groups is 1. The van der Waals surface area contributed by atoms with Gasteiger partial charge in [-0.05, 0) is 37.6 Å². The molecule has 0 atom stereocenters. The van der Waals surface area contributed by atoms with E-state index in [4.69, 9.17) is 4.74 Å². The quantitative estimate of drug-likeness (QED) is 0.680. The number of ether oxygens (including phenoxy) is 1. The standard InChI is InChI=1S/C20H23NO5S/c1-15(2)21(13-16-8-5-4-6-9-16)19(22)14-26-20(23)17-10-7-11-18(12-17)27(3,24)25/h4-12,15H,13-14H2,1-3H3. The van der Waals surface area contributed by atoms with Gasteiger partial charge in [0.25, 0.3) is 5.91 Å². The minimum Gasteiger partial charge on any atom is -0.452 e. The van der Waals surface area contributed by atoms with Crippen molar-refractivity contribution < 1.29 is 22.7 Å². The second-order valence-corrected chi connectivity index (χ2v) is 8.49. The van der Waals surface area contributed by atoms with E-state index >= 15 is 0 Å². The summed E-state index contributed by atoms with van der Waals surface area (Å²) in [5, 5.41) is 0. The molecule has 0 saturated carbocycles. The first-order valence-corrected chi connectivity index (χ1v) is 10.4. The highest BCUT2D eigenvalue weighted by molar-refractivity contribution is 7.90. The summed E-state index contributed by atoms with van der Waals surface area (Å²) < 4.78 is 28.3. The lowest BCUT2D eigenvalue weighted by Crippen LogP contribution is -2.39. The number of hydrogen-bond donors (Lipinski definition) is 0. The Morgan fingerprint density at radius 1 is 1.04 bits per heavy atom. The van der Waals surface area contributed by atoms with Crippen LogP contribution in [0.3, 0.4) is 0 Å². The molecule has 0 aliphatic heterocycles. The molecule has 144 valence electrons. The normalized spacial score (nSPS) is 11.3. The minimum atomic E-state index is -3.43. The van der Waals surface area contributed by atoms with E-state index in [0.717, 1.165) is 11.8 Å². The van der Waals surface area contributed by atoms with Gasteiger partial charge in [-0.15, -0.1) is 0 Å². The van der Waals surface area contributed by atoms with Gasteiger partial charge in [-0.25, -0.2) is 13.2 Å². The van der Waals surface area contributed by atoms with Gasteiger partial charge >= 0.3 is 5.97 Å². The van der Waals surface area contributed by atoms with Crippen LogP contribution >= 0.6 is 0 Å². The van der Waals surface area contributed by atoms with Gasteiger partial charge in [0.1, 0.15) is 0 Å². The summed E-state index contributed by atoms with van der Waals surface area (Å²) in [4.78, 5) is 26.3. The summed E-state index contributed by atoms with van der Waals surface area (Å²) in [7, 11) is -3.43. The summed E-state index contributed by atoms with van der Waals surface area (Å²) in [6, 6.07) is 15.0. The molecule has 2 aromatic carbocycles. The van der Waals surface area contributed by atoms with E-state index in [2.05, 4.69) is 0 Å². The molecule has 1 amide bonds. The summed E-state index contributed by atoms with van der Waals surface area (Å²) in [5.74, 6) is -1.06. The van der Waals surface area contributed by atoms with E-state index in [0.29, 0.717) is 6.54 Å². The lowest BCUT2D eigenvalue weighted by molar-refractivity contribution is -0.136. The molecular weight excluding hydrogens is 366 g/mol. The maximum atomic E-state index is 12.5. The Labute approximate surface area is 159 Å². The molecule has 0 N–H and O–H groups in total. The maximum absolute atomic E-state index is 12.5. The van der Waals surface area contributed by atoms with Gasteiger partial charge in [0.05, 0.1) is 10.5 Å². The van der Waals surface area contributed by atoms with Crippen LogP contribution in [0.1, 0.15) is 29.8 Å². The lowest BCUT2D eigenvalue weighted by atomic mass is 10.2. The molecule has 0 aromatic heterocycles. The summed E-state index contributed by atoms with van der Waals surface area (Å²) in [6.45, 7) is 3.78. The summed E-state index contributed by atoms with van der Waals surface area (Å²) in [6.07, 6.45) is 1.06. The Hall–Kier alpha value is -2.67. The van der Waals surface area contributed by atoms with E-state index in [1.807, 2.05) is 44.2 Å². The average Bonchev–Trinajstić information content (AvgIpc) is 2.64. The molecule has 0 bridgehead atoms. The second-order valence-electron chi connectivity index (χ2n) is 6.48. The number of amides is 1. The topological polar surface area (TPSA) is 80.8 Å². The maximum Gasteiger partial charge on any atom is 0.338 e. The van der Waals surface area contributed by atoms with Crippen molar-refractivity contribution in [3.05, 3.63) is 65.7 Å². The van der Waals surface area contributed by atoms with Crippen molar-refractivity contribution in [2.75, 3.05) is 12.9 Å². The molecule has 2 aromatic rings. The van der Waals surface area contributed by atoms with Crippen molar-refractivity contribution in [1.29, 1.82) is 0 Å². The van der Waals surface area contributed by atoms with Crippen molar-refractivity contribution in [1.82, 2.24) is 4.90 Å². The van der Waals surface area contributed by atoms with Crippen LogP contribution in [-0.2, 0) is 25.9 Å². The molecule has 0 radical (unpaired) electrons. The van der Waals surface area contributed by atoms with Crippen LogP contribution in [0.4, 0.5) is 0 Å². The van der Waals surface area contributed by atoms with Gasteiger partial charge in [-0.3, -0.25) is 4.79 Å². The molecule has 7 heteroatoms. The molecule has 0 unspecified atom stereocenters. The first-order chi connectivity index (χ1) is 12.7. The van der Waals surface area contributed by atoms with Gasteiger partial charge in [0, 0.05) is 18.8 Å². The van der Waals surface area contributed by atoms with Crippen molar-refractivity contribution in [3.63, 3.8) is 0 Å². The SMILES string of the molecule is CC(C)N(Cc1ccccc1)C(=O)COC(=O)c1cccc(S(C)(=O)=O)c1. The predicted octanol–water partition coefficient (Wildman–Crippen LogP) is 2.68. The van der Waals surface area contributed by atoms with Gasteiger partial charge < -0.3 is 9.64 Å². The molecular formula is C20H23NO5S. The average molecular weight is 389 g/mol. The van der Waals surface area contributed by atoms with Crippen LogP contribution in [-0.4, -0.2) is 44.1 Å². The van der Waals surface area contributed by atoms with E-state index in [1.54, 1.807) is 4.90 Å². The highest BCUT2D eigenvalue weighted by Crippen LogP contribution is 2.13. The third kappa shape index (κ3) is 5.92. The van der Waals surface area contributed by atoms with E-state index in [1.165, 1.54) is 24.3 Å². The fourth-order valence-corrected chi connectivity index (χ4v) is 3.15. The Kier molecular flexibility index (Phi) is 6.74. The van der Waals surface area contributed by atoms with Gasteiger partial charge in [0.15, 0.2) is 16.4 Å². The van der Waals surface area contributed by atoms with Crippen LogP contribution in [0.15, 0.2) is 59.5 Å². The van der Waals surface area contributed by atoms with Gasteiger partial charge in [-0.1, -0.05) is 36.4 Å². The Balaban J connectivity index is 2.03. The van der Waals surface area contributed by atoms with Gasteiger partial charge in [-0.2, -0.15) is 0 Å². The smallest absolute Gasteiger partial charge is 0.338 e. The highest BCUT2D eigenvalue weighted by Gasteiger charge is 2.20. The fraction of sp³-hybridized carbons (Fsp3) is 0.300. The van der Waals surface area contributed by atoms with Crippen molar-refractivity contribution in [2.45, 2.75) is 31.3 Å². The fourth-order valence-electron chi connectivity index (χ4n) is 2.49. The highest BCUT2D eigenvalue weighted by atomic mass is 32.2. The molecule has 0 heterocycles.